The summed E-state index contributed by atoms with van der Waals surface area (Å²) in [6.45, 7) is 1.80. The Labute approximate surface area is 155 Å². The molecule has 0 fully saturated rings. The number of nitrogens with one attached hydrogen (secondary N) is 1. The second-order valence-corrected chi connectivity index (χ2v) is 5.71. The highest BCUT2D eigenvalue weighted by molar-refractivity contribution is 5.90. The first kappa shape index (κ1) is 18.4. The summed E-state index contributed by atoms with van der Waals surface area (Å²) in [5, 5.41) is 6.40. The molecule has 0 spiro atoms. The lowest BCUT2D eigenvalue weighted by atomic mass is 10.1. The van der Waals surface area contributed by atoms with Crippen molar-refractivity contribution in [2.75, 3.05) is 14.2 Å². The van der Waals surface area contributed by atoms with E-state index in [1.165, 1.54) is 19.2 Å². The Morgan fingerprint density at radius 1 is 1.15 bits per heavy atom. The number of hydrogen-bond acceptors (Lipinski definition) is 6. The number of methoxy groups -OCH3 is 2. The number of hydrogen-bond donors (Lipinski definition) is 1. The average molecular weight is 371 g/mol. The Morgan fingerprint density at radius 3 is 2.59 bits per heavy atom. The van der Waals surface area contributed by atoms with Gasteiger partial charge in [-0.05, 0) is 36.8 Å². The lowest BCUT2D eigenvalue weighted by Gasteiger charge is -2.15. The van der Waals surface area contributed by atoms with Crippen molar-refractivity contribution in [2.45, 2.75) is 13.0 Å². The van der Waals surface area contributed by atoms with Crippen molar-refractivity contribution in [3.8, 4) is 23.0 Å². The van der Waals surface area contributed by atoms with Crippen LogP contribution in [0.3, 0.4) is 0 Å². The van der Waals surface area contributed by atoms with Crippen LogP contribution in [0.1, 0.15) is 29.1 Å². The van der Waals surface area contributed by atoms with E-state index in [4.69, 9.17) is 14.0 Å². The van der Waals surface area contributed by atoms with Crippen LogP contribution in [0.2, 0.25) is 0 Å². The summed E-state index contributed by atoms with van der Waals surface area (Å²) in [6.07, 6.45) is 0. The van der Waals surface area contributed by atoms with Crippen LogP contribution < -0.4 is 14.8 Å². The normalized spacial score (nSPS) is 11.7. The molecule has 3 rings (SSSR count). The first-order valence-electron chi connectivity index (χ1n) is 8.15. The van der Waals surface area contributed by atoms with Gasteiger partial charge in [-0.3, -0.25) is 4.79 Å². The minimum absolute atomic E-state index is 0.0583. The Balaban J connectivity index is 1.75. The maximum absolute atomic E-state index is 13.8. The van der Waals surface area contributed by atoms with E-state index < -0.39 is 11.7 Å². The summed E-state index contributed by atoms with van der Waals surface area (Å²) in [5.74, 6) is -0.141. The number of nitrogens with zero attached hydrogens (tertiary/aromatic N) is 2. The van der Waals surface area contributed by atoms with Crippen molar-refractivity contribution < 1.29 is 23.2 Å². The van der Waals surface area contributed by atoms with Gasteiger partial charge < -0.3 is 19.3 Å². The third kappa shape index (κ3) is 3.89. The predicted molar refractivity (Wildman–Crippen MR) is 95.1 cm³/mol. The highest BCUT2D eigenvalue weighted by atomic mass is 19.1. The van der Waals surface area contributed by atoms with Crippen LogP contribution in [0, 0.1) is 5.82 Å². The number of benzene rings is 2. The number of carbonyl (C=O) groups is 1. The van der Waals surface area contributed by atoms with Gasteiger partial charge >= 0.3 is 0 Å². The number of halogens is 1. The van der Waals surface area contributed by atoms with Gasteiger partial charge in [-0.25, -0.2) is 4.39 Å². The van der Waals surface area contributed by atoms with E-state index >= 15 is 0 Å². The Kier molecular flexibility index (Phi) is 5.35. The molecule has 0 aliphatic heterocycles. The van der Waals surface area contributed by atoms with Crippen molar-refractivity contribution in [2.24, 2.45) is 0 Å². The maximum atomic E-state index is 13.8. The standard InChI is InChI=1S/C19H18FN3O4/c1-11(12-8-9-15(25-2)16(10-12)26-3)21-18(24)17-22-19(27-23-17)13-6-4-5-7-14(13)20/h4-11H,1-3H3,(H,21,24)/t11-/m1/s1. The van der Waals surface area contributed by atoms with Crippen LogP contribution in [0.5, 0.6) is 11.5 Å². The number of aromatic nitrogens is 2. The molecule has 27 heavy (non-hydrogen) atoms. The fourth-order valence-corrected chi connectivity index (χ4v) is 2.53. The zero-order valence-corrected chi connectivity index (χ0v) is 15.0. The van der Waals surface area contributed by atoms with Gasteiger partial charge in [0.05, 0.1) is 25.8 Å². The molecule has 0 saturated heterocycles. The zero-order valence-electron chi connectivity index (χ0n) is 15.0. The summed E-state index contributed by atoms with van der Waals surface area (Å²) in [5.41, 5.74) is 0.941. The molecular formula is C19H18FN3O4. The third-order valence-corrected chi connectivity index (χ3v) is 3.99. The van der Waals surface area contributed by atoms with Crippen molar-refractivity contribution >= 4 is 5.91 Å². The smallest absolute Gasteiger partial charge is 0.293 e. The fourth-order valence-electron chi connectivity index (χ4n) is 2.53. The molecule has 1 amide bonds. The minimum Gasteiger partial charge on any atom is -0.493 e. The molecule has 1 aromatic heterocycles. The molecule has 7 nitrogen and oxygen atoms in total. The largest absolute Gasteiger partial charge is 0.493 e. The highest BCUT2D eigenvalue weighted by Gasteiger charge is 2.20. The van der Waals surface area contributed by atoms with E-state index in [9.17, 15) is 9.18 Å². The van der Waals surface area contributed by atoms with Crippen LogP contribution >= 0.6 is 0 Å². The quantitative estimate of drug-likeness (QED) is 0.715. The van der Waals surface area contributed by atoms with Crippen molar-refractivity contribution in [3.63, 3.8) is 0 Å². The van der Waals surface area contributed by atoms with Crippen LogP contribution in [-0.4, -0.2) is 30.3 Å². The molecule has 0 saturated carbocycles. The van der Waals surface area contributed by atoms with Gasteiger partial charge in [0.2, 0.25) is 0 Å². The van der Waals surface area contributed by atoms with Gasteiger partial charge in [-0.2, -0.15) is 4.98 Å². The van der Waals surface area contributed by atoms with Crippen LogP contribution in [-0.2, 0) is 0 Å². The third-order valence-electron chi connectivity index (χ3n) is 3.99. The molecule has 0 aliphatic carbocycles. The summed E-state index contributed by atoms with van der Waals surface area (Å²) >= 11 is 0. The highest BCUT2D eigenvalue weighted by Crippen LogP contribution is 2.30. The number of carbonyl (C=O) groups excluding carboxylic acids is 1. The lowest BCUT2D eigenvalue weighted by molar-refractivity contribution is 0.0926. The topological polar surface area (TPSA) is 86.5 Å². The second-order valence-electron chi connectivity index (χ2n) is 5.71. The summed E-state index contributed by atoms with van der Waals surface area (Å²) in [6, 6.07) is 10.9. The Hall–Kier alpha value is -3.42. The van der Waals surface area contributed by atoms with E-state index in [1.54, 1.807) is 38.3 Å². The molecule has 0 bridgehead atoms. The molecule has 1 N–H and O–H groups in total. The van der Waals surface area contributed by atoms with E-state index in [0.29, 0.717) is 11.5 Å². The van der Waals surface area contributed by atoms with Gasteiger partial charge in [0.1, 0.15) is 5.82 Å². The molecule has 8 heteroatoms. The maximum Gasteiger partial charge on any atom is 0.293 e. The fraction of sp³-hybridized carbons (Fsp3) is 0.211. The molecule has 1 heterocycles. The first-order chi connectivity index (χ1) is 13.0. The van der Waals surface area contributed by atoms with E-state index in [0.717, 1.165) is 5.56 Å². The van der Waals surface area contributed by atoms with Crippen LogP contribution in [0.25, 0.3) is 11.5 Å². The second kappa shape index (κ2) is 7.86. The zero-order chi connectivity index (χ0) is 19.4. The predicted octanol–water partition coefficient (Wildman–Crippen LogP) is 3.38. The molecule has 0 unspecified atom stereocenters. The number of ether oxygens (including phenoxy) is 2. The van der Waals surface area contributed by atoms with E-state index in [2.05, 4.69) is 15.5 Å². The van der Waals surface area contributed by atoms with Crippen molar-refractivity contribution in [1.29, 1.82) is 0 Å². The molecule has 1 atom stereocenters. The molecule has 2 aromatic carbocycles. The van der Waals surface area contributed by atoms with E-state index in [1.807, 2.05) is 6.07 Å². The van der Waals surface area contributed by atoms with Gasteiger partial charge in [-0.15, -0.1) is 0 Å². The minimum atomic E-state index is -0.538. The monoisotopic (exact) mass is 371 g/mol. The molecule has 3 aromatic rings. The molecule has 0 radical (unpaired) electrons. The first-order valence-corrected chi connectivity index (χ1v) is 8.15. The Morgan fingerprint density at radius 2 is 1.89 bits per heavy atom. The number of amides is 1. The molecular weight excluding hydrogens is 353 g/mol. The number of rotatable bonds is 6. The van der Waals surface area contributed by atoms with Gasteiger partial charge in [0, 0.05) is 0 Å². The van der Waals surface area contributed by atoms with Gasteiger partial charge in [0.15, 0.2) is 11.5 Å². The van der Waals surface area contributed by atoms with Crippen LogP contribution in [0.4, 0.5) is 4.39 Å². The SMILES string of the molecule is COc1ccc([C@@H](C)NC(=O)c2noc(-c3ccccc3F)n2)cc1OC. The molecule has 0 aliphatic rings. The van der Waals surface area contributed by atoms with Crippen LogP contribution in [0.15, 0.2) is 47.0 Å². The summed E-state index contributed by atoms with van der Waals surface area (Å²) < 4.78 is 29.3. The lowest BCUT2D eigenvalue weighted by Crippen LogP contribution is -2.27. The van der Waals surface area contributed by atoms with Gasteiger partial charge in [-0.1, -0.05) is 23.4 Å². The van der Waals surface area contributed by atoms with Gasteiger partial charge in [0.25, 0.3) is 17.6 Å². The molecule has 140 valence electrons. The van der Waals surface area contributed by atoms with Crippen molar-refractivity contribution in [3.05, 3.63) is 59.7 Å². The van der Waals surface area contributed by atoms with E-state index in [-0.39, 0.29) is 23.3 Å². The van der Waals surface area contributed by atoms with Crippen molar-refractivity contribution in [1.82, 2.24) is 15.5 Å². The average Bonchev–Trinajstić information content (AvgIpc) is 3.17. The Bertz CT molecular complexity index is 958. The summed E-state index contributed by atoms with van der Waals surface area (Å²) in [7, 11) is 3.08. The summed E-state index contributed by atoms with van der Waals surface area (Å²) in [4.78, 5) is 16.4.